The van der Waals surface area contributed by atoms with Crippen molar-refractivity contribution in [3.05, 3.63) is 41.5 Å². The first-order valence-corrected chi connectivity index (χ1v) is 8.48. The second kappa shape index (κ2) is 7.17. The van der Waals surface area contributed by atoms with Crippen LogP contribution in [-0.4, -0.2) is 34.3 Å². The number of methoxy groups -OCH3 is 1. The normalized spacial score (nSPS) is 15.6. The predicted molar refractivity (Wildman–Crippen MR) is 104 cm³/mol. The molecule has 0 fully saturated rings. The van der Waals surface area contributed by atoms with Gasteiger partial charge in [0.2, 0.25) is 5.91 Å². The summed E-state index contributed by atoms with van der Waals surface area (Å²) in [5.74, 6) is 4.58. The van der Waals surface area contributed by atoms with Gasteiger partial charge in [0.25, 0.3) is 0 Å². The summed E-state index contributed by atoms with van der Waals surface area (Å²) in [6, 6.07) is 11.9. The predicted octanol–water partition coefficient (Wildman–Crippen LogP) is 2.98. The maximum Gasteiger partial charge on any atom is 0.230 e. The van der Waals surface area contributed by atoms with Crippen molar-refractivity contribution in [2.45, 2.75) is 27.0 Å². The lowest BCUT2D eigenvalue weighted by molar-refractivity contribution is -0.123. The largest absolute Gasteiger partial charge is 0.497 e. The SMILES string of the molecule is COc1ccc(C#CN2C=Nc3[nH]c(NC(=O)C(C)(C)C)cc3C2O)cc1. The summed E-state index contributed by atoms with van der Waals surface area (Å²) in [4.78, 5) is 20.8. The fourth-order valence-corrected chi connectivity index (χ4v) is 2.37. The van der Waals surface area contributed by atoms with Crippen LogP contribution >= 0.6 is 0 Å². The van der Waals surface area contributed by atoms with E-state index in [0.29, 0.717) is 17.2 Å². The molecule has 0 saturated heterocycles. The number of aromatic nitrogens is 1. The van der Waals surface area contributed by atoms with Crippen molar-refractivity contribution in [2.24, 2.45) is 10.4 Å². The van der Waals surface area contributed by atoms with E-state index in [1.54, 1.807) is 13.2 Å². The molecule has 7 heteroatoms. The highest BCUT2D eigenvalue weighted by Gasteiger charge is 2.26. The van der Waals surface area contributed by atoms with E-state index in [2.05, 4.69) is 27.3 Å². The van der Waals surface area contributed by atoms with Crippen LogP contribution in [0.25, 0.3) is 0 Å². The number of nitrogens with zero attached hydrogens (tertiary/aromatic N) is 2. The zero-order valence-corrected chi connectivity index (χ0v) is 15.7. The van der Waals surface area contributed by atoms with Gasteiger partial charge in [0, 0.05) is 22.6 Å². The summed E-state index contributed by atoms with van der Waals surface area (Å²) in [5.41, 5.74) is 0.809. The van der Waals surface area contributed by atoms with Crippen molar-refractivity contribution in [3.63, 3.8) is 0 Å². The minimum Gasteiger partial charge on any atom is -0.497 e. The van der Waals surface area contributed by atoms with Gasteiger partial charge in [-0.1, -0.05) is 20.8 Å². The lowest BCUT2D eigenvalue weighted by atomic mass is 9.96. The monoisotopic (exact) mass is 366 g/mol. The number of benzene rings is 1. The molecule has 2 heterocycles. The molecule has 3 rings (SSSR count). The fourth-order valence-electron chi connectivity index (χ4n) is 2.37. The Kier molecular flexibility index (Phi) is 4.93. The number of ether oxygens (including phenoxy) is 1. The molecular formula is C20H22N4O3. The third-order valence-electron chi connectivity index (χ3n) is 4.03. The van der Waals surface area contributed by atoms with Crippen LogP contribution in [0.1, 0.15) is 38.1 Å². The number of aliphatic hydroxyl groups is 1. The quantitative estimate of drug-likeness (QED) is 0.713. The smallest absolute Gasteiger partial charge is 0.230 e. The summed E-state index contributed by atoms with van der Waals surface area (Å²) in [6.07, 6.45) is 0.467. The van der Waals surface area contributed by atoms with Gasteiger partial charge >= 0.3 is 0 Å². The molecular weight excluding hydrogens is 344 g/mol. The molecule has 0 aliphatic carbocycles. The van der Waals surface area contributed by atoms with Crippen LogP contribution in [0.15, 0.2) is 35.3 Å². The summed E-state index contributed by atoms with van der Waals surface area (Å²) >= 11 is 0. The zero-order chi connectivity index (χ0) is 19.6. The maximum atomic E-state index is 12.1. The molecule has 1 atom stereocenters. The second-order valence-electron chi connectivity index (χ2n) is 7.18. The Morgan fingerprint density at radius 3 is 2.67 bits per heavy atom. The maximum absolute atomic E-state index is 12.1. The first-order chi connectivity index (χ1) is 12.8. The Morgan fingerprint density at radius 2 is 2.04 bits per heavy atom. The Bertz CT molecular complexity index is 927. The highest BCUT2D eigenvalue weighted by atomic mass is 16.5. The average Bonchev–Trinajstić information content (AvgIpc) is 3.04. The number of aliphatic imine (C=N–C) groups is 1. The molecule has 1 aromatic carbocycles. The summed E-state index contributed by atoms with van der Waals surface area (Å²) in [5, 5.41) is 13.4. The summed E-state index contributed by atoms with van der Waals surface area (Å²) < 4.78 is 5.12. The molecule has 0 radical (unpaired) electrons. The number of nitrogens with one attached hydrogen (secondary N) is 2. The van der Waals surface area contributed by atoms with Gasteiger partial charge < -0.3 is 20.1 Å². The zero-order valence-electron chi connectivity index (χ0n) is 15.7. The number of anilines is 1. The molecule has 1 amide bonds. The number of aromatic amines is 1. The van der Waals surface area contributed by atoms with Crippen molar-refractivity contribution in [3.8, 4) is 17.7 Å². The fraction of sp³-hybridized carbons (Fsp3) is 0.300. The number of amides is 1. The van der Waals surface area contributed by atoms with Gasteiger partial charge in [0.1, 0.15) is 23.7 Å². The van der Waals surface area contributed by atoms with Crippen LogP contribution < -0.4 is 10.1 Å². The van der Waals surface area contributed by atoms with E-state index in [1.807, 2.05) is 45.0 Å². The van der Waals surface area contributed by atoms with Crippen molar-refractivity contribution >= 4 is 23.9 Å². The van der Waals surface area contributed by atoms with E-state index in [4.69, 9.17) is 4.74 Å². The van der Waals surface area contributed by atoms with Crippen molar-refractivity contribution in [1.29, 1.82) is 0 Å². The van der Waals surface area contributed by atoms with E-state index in [9.17, 15) is 9.90 Å². The molecule has 0 saturated carbocycles. The number of hydrogen-bond acceptors (Lipinski definition) is 5. The van der Waals surface area contributed by atoms with Gasteiger partial charge in [-0.3, -0.25) is 9.69 Å². The molecule has 27 heavy (non-hydrogen) atoms. The first-order valence-electron chi connectivity index (χ1n) is 8.48. The second-order valence-corrected chi connectivity index (χ2v) is 7.18. The van der Waals surface area contributed by atoms with E-state index >= 15 is 0 Å². The number of H-pyrrole nitrogens is 1. The first kappa shape index (κ1) is 18.5. The Morgan fingerprint density at radius 1 is 1.33 bits per heavy atom. The molecule has 7 nitrogen and oxygen atoms in total. The van der Waals surface area contributed by atoms with Gasteiger partial charge in [-0.25, -0.2) is 4.99 Å². The summed E-state index contributed by atoms with van der Waals surface area (Å²) in [7, 11) is 1.61. The van der Waals surface area contributed by atoms with Crippen molar-refractivity contribution < 1.29 is 14.6 Å². The molecule has 1 aromatic heterocycles. The number of rotatable bonds is 2. The molecule has 140 valence electrons. The molecule has 0 spiro atoms. The van der Waals surface area contributed by atoms with Crippen molar-refractivity contribution in [1.82, 2.24) is 9.88 Å². The van der Waals surface area contributed by atoms with Gasteiger partial charge in [-0.05, 0) is 36.3 Å². The lowest BCUT2D eigenvalue weighted by Crippen LogP contribution is -2.27. The topological polar surface area (TPSA) is 90.0 Å². The van der Waals surface area contributed by atoms with E-state index in [1.165, 1.54) is 11.2 Å². The average molecular weight is 366 g/mol. The van der Waals surface area contributed by atoms with Crippen LogP contribution in [0.2, 0.25) is 0 Å². The molecule has 1 aliphatic heterocycles. The highest BCUT2D eigenvalue weighted by Crippen LogP contribution is 2.33. The third-order valence-corrected chi connectivity index (χ3v) is 4.03. The highest BCUT2D eigenvalue weighted by molar-refractivity contribution is 5.94. The lowest BCUT2D eigenvalue weighted by Gasteiger charge is -2.22. The van der Waals surface area contributed by atoms with Gasteiger partial charge in [0.05, 0.1) is 7.11 Å². The molecule has 1 aliphatic rings. The Labute approximate surface area is 158 Å². The number of hydrogen-bond donors (Lipinski definition) is 3. The van der Waals surface area contributed by atoms with Gasteiger partial charge in [0.15, 0.2) is 6.23 Å². The van der Waals surface area contributed by atoms with E-state index < -0.39 is 11.6 Å². The molecule has 0 bridgehead atoms. The third kappa shape index (κ3) is 4.13. The van der Waals surface area contributed by atoms with Crippen LogP contribution in [0.4, 0.5) is 11.6 Å². The Balaban J connectivity index is 1.75. The standard InChI is InChI=1S/C20H22N4O3/c1-20(2,3)19(26)23-16-11-15-17(22-16)21-12-24(18(15)25)10-9-13-5-7-14(27-4)8-6-13/h5-8,11-12,18,22,25H,1-4H3,(H,23,26). The number of aliphatic hydroxyl groups excluding tert-OH is 1. The van der Waals surface area contributed by atoms with Crippen molar-refractivity contribution in [2.75, 3.05) is 12.4 Å². The summed E-state index contributed by atoms with van der Waals surface area (Å²) in [6.45, 7) is 5.48. The number of carbonyl (C=O) groups excluding carboxylic acids is 1. The Hall–Kier alpha value is -3.24. The van der Waals surface area contributed by atoms with E-state index in [-0.39, 0.29) is 5.91 Å². The minimum atomic E-state index is -0.986. The van der Waals surface area contributed by atoms with Crippen LogP contribution in [-0.2, 0) is 4.79 Å². The van der Waals surface area contributed by atoms with Gasteiger partial charge in [-0.2, -0.15) is 0 Å². The molecule has 3 N–H and O–H groups in total. The van der Waals surface area contributed by atoms with Crippen LogP contribution in [0.3, 0.4) is 0 Å². The van der Waals surface area contributed by atoms with Crippen LogP contribution in [0.5, 0.6) is 5.75 Å². The molecule has 2 aromatic rings. The van der Waals surface area contributed by atoms with Gasteiger partial charge in [-0.15, -0.1) is 0 Å². The minimum absolute atomic E-state index is 0.129. The number of carbonyl (C=O) groups is 1. The molecule has 1 unspecified atom stereocenters. The van der Waals surface area contributed by atoms with Crippen LogP contribution in [0, 0.1) is 17.4 Å². The van der Waals surface area contributed by atoms with E-state index in [0.717, 1.165) is 11.3 Å². The number of fused-ring (bicyclic) bond motifs is 1.